The molecule has 94 valence electrons. The van der Waals surface area contributed by atoms with Crippen molar-refractivity contribution in [3.63, 3.8) is 0 Å². The van der Waals surface area contributed by atoms with Crippen LogP contribution in [-0.2, 0) is 0 Å². The van der Waals surface area contributed by atoms with E-state index in [0.29, 0.717) is 16.9 Å². The van der Waals surface area contributed by atoms with Gasteiger partial charge in [0.05, 0.1) is 16.6 Å². The summed E-state index contributed by atoms with van der Waals surface area (Å²) in [5.41, 5.74) is 7.36. The number of nitrogens with one attached hydrogen (secondary N) is 1. The highest BCUT2D eigenvalue weighted by Gasteiger charge is 2.14. The minimum absolute atomic E-state index is 0.0872. The molecule has 0 aliphatic carbocycles. The van der Waals surface area contributed by atoms with Crippen molar-refractivity contribution >= 4 is 22.7 Å². The zero-order valence-electron chi connectivity index (χ0n) is 9.83. The van der Waals surface area contributed by atoms with Crippen molar-refractivity contribution in [1.82, 2.24) is 0 Å². The normalized spacial score (nSPS) is 9.63. The Morgan fingerprint density at radius 2 is 1.89 bits per heavy atom. The maximum absolute atomic E-state index is 10.9. The fourth-order valence-corrected chi connectivity index (χ4v) is 1.59. The van der Waals surface area contributed by atoms with E-state index in [2.05, 4.69) is 5.32 Å². The molecule has 0 saturated heterocycles. The van der Waals surface area contributed by atoms with E-state index in [1.165, 1.54) is 18.2 Å². The summed E-state index contributed by atoms with van der Waals surface area (Å²) in [4.78, 5) is 10.4. The van der Waals surface area contributed by atoms with Crippen molar-refractivity contribution in [3.8, 4) is 6.07 Å². The fourth-order valence-electron chi connectivity index (χ4n) is 1.59. The first kappa shape index (κ1) is 12.4. The number of nitrogens with two attached hydrogens (primary N) is 1. The Labute approximate surface area is 109 Å². The van der Waals surface area contributed by atoms with Crippen LogP contribution in [0, 0.1) is 21.4 Å². The summed E-state index contributed by atoms with van der Waals surface area (Å²) >= 11 is 0. The second-order valence-corrected chi connectivity index (χ2v) is 3.85. The largest absolute Gasteiger partial charge is 0.399 e. The van der Waals surface area contributed by atoms with Crippen LogP contribution in [-0.4, -0.2) is 4.92 Å². The van der Waals surface area contributed by atoms with Crippen LogP contribution in [0.2, 0.25) is 0 Å². The fraction of sp³-hybridized carbons (Fsp3) is 0. The summed E-state index contributed by atoms with van der Waals surface area (Å²) in [5, 5.41) is 22.7. The van der Waals surface area contributed by atoms with E-state index in [1.807, 2.05) is 6.07 Å². The quantitative estimate of drug-likeness (QED) is 0.497. The first-order valence-corrected chi connectivity index (χ1v) is 5.41. The Morgan fingerprint density at radius 1 is 1.21 bits per heavy atom. The topological polar surface area (TPSA) is 105 Å². The lowest BCUT2D eigenvalue weighted by molar-refractivity contribution is -0.383. The minimum Gasteiger partial charge on any atom is -0.399 e. The highest BCUT2D eigenvalue weighted by molar-refractivity contribution is 5.71. The number of hydrogen-bond donors (Lipinski definition) is 2. The number of nitro benzene ring substituents is 1. The monoisotopic (exact) mass is 254 g/mol. The molecule has 6 heteroatoms. The molecule has 3 N–H and O–H groups in total. The second kappa shape index (κ2) is 5.06. The molecule has 0 aliphatic heterocycles. The van der Waals surface area contributed by atoms with E-state index in [1.54, 1.807) is 24.3 Å². The summed E-state index contributed by atoms with van der Waals surface area (Å²) in [6.07, 6.45) is 0. The Morgan fingerprint density at radius 3 is 2.47 bits per heavy atom. The zero-order valence-corrected chi connectivity index (χ0v) is 9.83. The molecule has 0 aliphatic rings. The molecular weight excluding hydrogens is 244 g/mol. The smallest absolute Gasteiger partial charge is 0.292 e. The Kier molecular flexibility index (Phi) is 3.30. The van der Waals surface area contributed by atoms with Gasteiger partial charge in [-0.2, -0.15) is 5.26 Å². The molecular formula is C13H10N4O2. The van der Waals surface area contributed by atoms with Gasteiger partial charge in [0.15, 0.2) is 0 Å². The van der Waals surface area contributed by atoms with E-state index in [4.69, 9.17) is 11.0 Å². The number of anilines is 3. The summed E-state index contributed by atoms with van der Waals surface area (Å²) in [6.45, 7) is 0. The van der Waals surface area contributed by atoms with Gasteiger partial charge in [-0.05, 0) is 36.4 Å². The van der Waals surface area contributed by atoms with Crippen molar-refractivity contribution in [1.29, 1.82) is 5.26 Å². The predicted octanol–water partition coefficient (Wildman–Crippen LogP) is 2.79. The SMILES string of the molecule is N#Cc1ccc([N+](=O)[O-])c(Nc2ccc(N)cc2)c1. The summed E-state index contributed by atoms with van der Waals surface area (Å²) < 4.78 is 0. The second-order valence-electron chi connectivity index (χ2n) is 3.85. The van der Waals surface area contributed by atoms with Gasteiger partial charge < -0.3 is 11.1 Å². The molecule has 2 aromatic carbocycles. The van der Waals surface area contributed by atoms with Crippen LogP contribution in [0.4, 0.5) is 22.7 Å². The molecule has 0 unspecified atom stereocenters. The van der Waals surface area contributed by atoms with Crippen LogP contribution in [0.1, 0.15) is 5.56 Å². The molecule has 0 atom stereocenters. The third-order valence-electron chi connectivity index (χ3n) is 2.51. The predicted molar refractivity (Wildman–Crippen MR) is 71.9 cm³/mol. The average Bonchev–Trinajstić information content (AvgIpc) is 2.41. The highest BCUT2D eigenvalue weighted by Crippen LogP contribution is 2.28. The summed E-state index contributed by atoms with van der Waals surface area (Å²) in [6, 6.07) is 12.9. The molecule has 0 heterocycles. The number of hydrogen-bond acceptors (Lipinski definition) is 5. The van der Waals surface area contributed by atoms with E-state index in [0.717, 1.165) is 0 Å². The van der Waals surface area contributed by atoms with Crippen molar-refractivity contribution in [2.45, 2.75) is 0 Å². The van der Waals surface area contributed by atoms with Gasteiger partial charge in [0.2, 0.25) is 0 Å². The van der Waals surface area contributed by atoms with Gasteiger partial charge in [-0.15, -0.1) is 0 Å². The lowest BCUT2D eigenvalue weighted by Gasteiger charge is -2.07. The van der Waals surface area contributed by atoms with Crippen LogP contribution in [0.5, 0.6) is 0 Å². The Balaban J connectivity index is 2.40. The zero-order chi connectivity index (χ0) is 13.8. The van der Waals surface area contributed by atoms with Crippen LogP contribution in [0.25, 0.3) is 0 Å². The van der Waals surface area contributed by atoms with Crippen molar-refractivity contribution in [2.75, 3.05) is 11.1 Å². The van der Waals surface area contributed by atoms with E-state index in [9.17, 15) is 10.1 Å². The summed E-state index contributed by atoms with van der Waals surface area (Å²) in [7, 11) is 0. The number of nitriles is 1. The molecule has 0 saturated carbocycles. The van der Waals surface area contributed by atoms with E-state index >= 15 is 0 Å². The van der Waals surface area contributed by atoms with E-state index in [-0.39, 0.29) is 11.4 Å². The molecule has 0 spiro atoms. The standard InChI is InChI=1S/C13H10N4O2/c14-8-9-1-6-13(17(18)19)12(7-9)16-11-4-2-10(15)3-5-11/h1-7,16H,15H2. The molecule has 0 aromatic heterocycles. The van der Waals surface area contributed by atoms with E-state index < -0.39 is 4.92 Å². The van der Waals surface area contributed by atoms with Crippen LogP contribution in [0.3, 0.4) is 0 Å². The maximum atomic E-state index is 10.9. The number of nitro groups is 1. The van der Waals surface area contributed by atoms with Gasteiger partial charge in [0, 0.05) is 17.4 Å². The van der Waals surface area contributed by atoms with Gasteiger partial charge in [-0.1, -0.05) is 0 Å². The van der Waals surface area contributed by atoms with Crippen molar-refractivity contribution < 1.29 is 4.92 Å². The Hall–Kier alpha value is -3.07. The van der Waals surface area contributed by atoms with Gasteiger partial charge in [-0.3, -0.25) is 10.1 Å². The molecule has 0 radical (unpaired) electrons. The first-order chi connectivity index (χ1) is 9.10. The average molecular weight is 254 g/mol. The molecule has 19 heavy (non-hydrogen) atoms. The molecule has 0 amide bonds. The van der Waals surface area contributed by atoms with Crippen LogP contribution < -0.4 is 11.1 Å². The molecule has 0 fully saturated rings. The number of nitrogen functional groups attached to an aromatic ring is 1. The van der Waals surface area contributed by atoms with Gasteiger partial charge >= 0.3 is 0 Å². The maximum Gasteiger partial charge on any atom is 0.292 e. The van der Waals surface area contributed by atoms with Gasteiger partial charge in [-0.25, -0.2) is 0 Å². The molecule has 6 nitrogen and oxygen atoms in total. The molecule has 2 aromatic rings. The van der Waals surface area contributed by atoms with Crippen LogP contribution in [0.15, 0.2) is 42.5 Å². The lowest BCUT2D eigenvalue weighted by Crippen LogP contribution is -1.98. The summed E-state index contributed by atoms with van der Waals surface area (Å²) in [5.74, 6) is 0. The highest BCUT2D eigenvalue weighted by atomic mass is 16.6. The van der Waals surface area contributed by atoms with Crippen molar-refractivity contribution in [2.24, 2.45) is 0 Å². The van der Waals surface area contributed by atoms with Gasteiger partial charge in [0.25, 0.3) is 5.69 Å². The molecule has 2 rings (SSSR count). The third-order valence-corrected chi connectivity index (χ3v) is 2.51. The van der Waals surface area contributed by atoms with Gasteiger partial charge in [0.1, 0.15) is 5.69 Å². The van der Waals surface area contributed by atoms with Crippen molar-refractivity contribution in [3.05, 3.63) is 58.1 Å². The first-order valence-electron chi connectivity index (χ1n) is 5.41. The number of rotatable bonds is 3. The van der Waals surface area contributed by atoms with Crippen LogP contribution >= 0.6 is 0 Å². The number of benzene rings is 2. The lowest BCUT2D eigenvalue weighted by atomic mass is 10.1. The third kappa shape index (κ3) is 2.79. The minimum atomic E-state index is -0.499. The number of nitrogens with zero attached hydrogens (tertiary/aromatic N) is 2. The Bertz CT molecular complexity index is 659. The molecule has 0 bridgehead atoms.